The molecule has 0 aliphatic carbocycles. The Hall–Kier alpha value is -0.120. The number of hydrogen-bond acceptors (Lipinski definition) is 3. The molecule has 0 rings (SSSR count). The Balaban J connectivity index is 3.41. The highest BCUT2D eigenvalue weighted by molar-refractivity contribution is 4.82. The molecule has 0 amide bonds. The Morgan fingerprint density at radius 3 is 2.46 bits per heavy atom. The second-order valence-electron chi connectivity index (χ2n) is 4.02. The van der Waals surface area contributed by atoms with Gasteiger partial charge in [-0.1, -0.05) is 0 Å². The van der Waals surface area contributed by atoms with E-state index >= 15 is 0 Å². The highest BCUT2D eigenvalue weighted by atomic mass is 16.5. The third-order valence-electron chi connectivity index (χ3n) is 2.40. The molecule has 0 saturated heterocycles. The maximum absolute atomic E-state index is 9.40. The molecular formula is C10H23NO2. The van der Waals surface area contributed by atoms with Crippen molar-refractivity contribution < 1.29 is 9.84 Å². The summed E-state index contributed by atoms with van der Waals surface area (Å²) >= 11 is 0. The topological polar surface area (TPSA) is 41.5 Å². The fourth-order valence-corrected chi connectivity index (χ4v) is 0.930. The number of unbranched alkanes of at least 4 members (excludes halogenated alkanes) is 1. The zero-order valence-electron chi connectivity index (χ0n) is 9.26. The van der Waals surface area contributed by atoms with E-state index in [9.17, 15) is 5.11 Å². The molecule has 13 heavy (non-hydrogen) atoms. The summed E-state index contributed by atoms with van der Waals surface area (Å²) in [5.74, 6) is 0. The van der Waals surface area contributed by atoms with Gasteiger partial charge in [-0.05, 0) is 40.2 Å². The smallest absolute Gasteiger partial charge is 0.0688 e. The lowest BCUT2D eigenvalue weighted by molar-refractivity contribution is 0.0959. The van der Waals surface area contributed by atoms with Crippen LogP contribution in [0.25, 0.3) is 0 Å². The van der Waals surface area contributed by atoms with Crippen molar-refractivity contribution in [3.8, 4) is 0 Å². The van der Waals surface area contributed by atoms with Gasteiger partial charge in [0.1, 0.15) is 0 Å². The third-order valence-corrected chi connectivity index (χ3v) is 2.40. The highest BCUT2D eigenvalue weighted by Crippen LogP contribution is 2.07. The molecule has 0 fully saturated rings. The van der Waals surface area contributed by atoms with Crippen molar-refractivity contribution >= 4 is 0 Å². The summed E-state index contributed by atoms with van der Waals surface area (Å²) in [6, 6.07) is 0. The fraction of sp³-hybridized carbons (Fsp3) is 1.00. The Bertz CT molecular complexity index is 124. The third kappa shape index (κ3) is 6.02. The quantitative estimate of drug-likeness (QED) is 0.591. The SMILES string of the molecule is COCCCCNC(C)(C)C(C)O. The number of aliphatic hydroxyl groups excluding tert-OH is 1. The van der Waals surface area contributed by atoms with Crippen molar-refractivity contribution in [3.05, 3.63) is 0 Å². The summed E-state index contributed by atoms with van der Waals surface area (Å²) in [6.07, 6.45) is 1.83. The fourth-order valence-electron chi connectivity index (χ4n) is 0.930. The largest absolute Gasteiger partial charge is 0.392 e. The number of aliphatic hydroxyl groups is 1. The summed E-state index contributed by atoms with van der Waals surface area (Å²) < 4.78 is 4.94. The van der Waals surface area contributed by atoms with Crippen molar-refractivity contribution in [3.63, 3.8) is 0 Å². The molecule has 0 bridgehead atoms. The summed E-state index contributed by atoms with van der Waals surface area (Å²) in [4.78, 5) is 0. The predicted molar refractivity (Wildman–Crippen MR) is 54.9 cm³/mol. The molecule has 80 valence electrons. The van der Waals surface area contributed by atoms with Crippen LogP contribution >= 0.6 is 0 Å². The summed E-state index contributed by atoms with van der Waals surface area (Å²) in [5, 5.41) is 12.7. The van der Waals surface area contributed by atoms with Crippen LogP contribution in [0.15, 0.2) is 0 Å². The van der Waals surface area contributed by atoms with Crippen LogP contribution in [0.2, 0.25) is 0 Å². The Morgan fingerprint density at radius 1 is 1.38 bits per heavy atom. The van der Waals surface area contributed by atoms with E-state index in [4.69, 9.17) is 4.74 Å². The zero-order chi connectivity index (χ0) is 10.3. The van der Waals surface area contributed by atoms with Crippen LogP contribution in [-0.2, 0) is 4.74 Å². The number of rotatable bonds is 7. The molecule has 0 aromatic heterocycles. The molecule has 0 aliphatic heterocycles. The van der Waals surface area contributed by atoms with E-state index in [1.165, 1.54) is 0 Å². The molecular weight excluding hydrogens is 166 g/mol. The molecule has 0 heterocycles. The Labute approximate surface area is 81.5 Å². The molecule has 0 aromatic carbocycles. The Morgan fingerprint density at radius 2 is 2.00 bits per heavy atom. The minimum atomic E-state index is -0.324. The van der Waals surface area contributed by atoms with Gasteiger partial charge in [0.2, 0.25) is 0 Å². The molecule has 2 N–H and O–H groups in total. The van der Waals surface area contributed by atoms with Gasteiger partial charge in [0.15, 0.2) is 0 Å². The number of methoxy groups -OCH3 is 1. The first-order valence-electron chi connectivity index (χ1n) is 4.92. The average molecular weight is 189 g/mol. The lowest BCUT2D eigenvalue weighted by Gasteiger charge is -2.29. The van der Waals surface area contributed by atoms with E-state index in [1.54, 1.807) is 7.11 Å². The first-order valence-corrected chi connectivity index (χ1v) is 4.92. The second-order valence-corrected chi connectivity index (χ2v) is 4.02. The second kappa shape index (κ2) is 6.35. The van der Waals surface area contributed by atoms with Crippen LogP contribution in [0.4, 0.5) is 0 Å². The minimum absolute atomic E-state index is 0.187. The van der Waals surface area contributed by atoms with Crippen LogP contribution in [0.3, 0.4) is 0 Å². The van der Waals surface area contributed by atoms with Crippen LogP contribution in [-0.4, -0.2) is 37.0 Å². The van der Waals surface area contributed by atoms with Crippen molar-refractivity contribution in [2.24, 2.45) is 0 Å². The van der Waals surface area contributed by atoms with Crippen molar-refractivity contribution in [1.82, 2.24) is 5.32 Å². The summed E-state index contributed by atoms with van der Waals surface area (Å²) in [6.45, 7) is 7.57. The molecule has 1 atom stereocenters. The molecule has 3 heteroatoms. The number of hydrogen-bond donors (Lipinski definition) is 2. The predicted octanol–water partition coefficient (Wildman–Crippen LogP) is 1.16. The van der Waals surface area contributed by atoms with E-state index in [0.717, 1.165) is 26.0 Å². The van der Waals surface area contributed by atoms with Crippen LogP contribution in [0.5, 0.6) is 0 Å². The van der Waals surface area contributed by atoms with Gasteiger partial charge >= 0.3 is 0 Å². The van der Waals surface area contributed by atoms with Gasteiger partial charge in [-0.15, -0.1) is 0 Å². The van der Waals surface area contributed by atoms with E-state index in [2.05, 4.69) is 5.32 Å². The molecule has 0 aromatic rings. The maximum Gasteiger partial charge on any atom is 0.0688 e. The Kier molecular flexibility index (Phi) is 6.29. The first kappa shape index (κ1) is 12.9. The maximum atomic E-state index is 9.40. The molecule has 0 saturated carbocycles. The number of ether oxygens (including phenoxy) is 1. The van der Waals surface area contributed by atoms with E-state index in [0.29, 0.717) is 0 Å². The van der Waals surface area contributed by atoms with Gasteiger partial charge < -0.3 is 15.2 Å². The molecule has 1 unspecified atom stereocenters. The van der Waals surface area contributed by atoms with Crippen molar-refractivity contribution in [2.75, 3.05) is 20.3 Å². The van der Waals surface area contributed by atoms with E-state index in [-0.39, 0.29) is 11.6 Å². The van der Waals surface area contributed by atoms with Crippen LogP contribution in [0, 0.1) is 0 Å². The van der Waals surface area contributed by atoms with Crippen LogP contribution in [0.1, 0.15) is 33.6 Å². The lowest BCUT2D eigenvalue weighted by atomic mass is 9.99. The summed E-state index contributed by atoms with van der Waals surface area (Å²) in [7, 11) is 1.72. The molecule has 0 radical (unpaired) electrons. The van der Waals surface area contributed by atoms with Gasteiger partial charge in [0.25, 0.3) is 0 Å². The molecule has 0 aliphatic rings. The van der Waals surface area contributed by atoms with Gasteiger partial charge in [0, 0.05) is 19.3 Å². The highest BCUT2D eigenvalue weighted by Gasteiger charge is 2.22. The number of nitrogens with one attached hydrogen (secondary N) is 1. The van der Waals surface area contributed by atoms with E-state index in [1.807, 2.05) is 20.8 Å². The molecule has 3 nitrogen and oxygen atoms in total. The van der Waals surface area contributed by atoms with Gasteiger partial charge in [0.05, 0.1) is 6.10 Å². The van der Waals surface area contributed by atoms with Gasteiger partial charge in [-0.25, -0.2) is 0 Å². The molecule has 0 spiro atoms. The van der Waals surface area contributed by atoms with Crippen LogP contribution < -0.4 is 5.32 Å². The zero-order valence-corrected chi connectivity index (χ0v) is 9.26. The summed E-state index contributed by atoms with van der Waals surface area (Å²) in [5.41, 5.74) is -0.187. The van der Waals surface area contributed by atoms with Gasteiger partial charge in [-0.3, -0.25) is 0 Å². The monoisotopic (exact) mass is 189 g/mol. The van der Waals surface area contributed by atoms with E-state index < -0.39 is 0 Å². The average Bonchev–Trinajstić information content (AvgIpc) is 2.03. The van der Waals surface area contributed by atoms with Gasteiger partial charge in [-0.2, -0.15) is 0 Å². The van der Waals surface area contributed by atoms with Crippen molar-refractivity contribution in [1.29, 1.82) is 0 Å². The minimum Gasteiger partial charge on any atom is -0.392 e. The first-order chi connectivity index (χ1) is 6.00. The standard InChI is InChI=1S/C10H23NO2/c1-9(12)10(2,3)11-7-5-6-8-13-4/h9,11-12H,5-8H2,1-4H3. The van der Waals surface area contributed by atoms with Crippen molar-refractivity contribution in [2.45, 2.75) is 45.3 Å². The lowest BCUT2D eigenvalue weighted by Crippen LogP contribution is -2.48. The normalized spacial score (nSPS) is 14.5.